The van der Waals surface area contributed by atoms with Crippen molar-refractivity contribution in [3.63, 3.8) is 0 Å². The Bertz CT molecular complexity index is 643. The number of carbonyl (C=O) groups excluding carboxylic acids is 1. The van der Waals surface area contributed by atoms with Crippen LogP contribution in [0.4, 0.5) is 0 Å². The van der Waals surface area contributed by atoms with E-state index in [9.17, 15) is 4.79 Å². The molecule has 2 aromatic rings. The summed E-state index contributed by atoms with van der Waals surface area (Å²) in [7, 11) is 1.83. The molecule has 98 valence electrons. The number of nitrogens with zero attached hydrogens (tertiary/aromatic N) is 2. The maximum atomic E-state index is 12.2. The fourth-order valence-corrected chi connectivity index (χ4v) is 2.44. The zero-order valence-electron chi connectivity index (χ0n) is 10.9. The van der Waals surface area contributed by atoms with Gasteiger partial charge in [0, 0.05) is 12.4 Å². The van der Waals surface area contributed by atoms with Gasteiger partial charge in [-0.2, -0.15) is 5.10 Å². The van der Waals surface area contributed by atoms with Crippen molar-refractivity contribution < 1.29 is 9.53 Å². The highest BCUT2D eigenvalue weighted by atomic mass is 16.5. The second-order valence-corrected chi connectivity index (χ2v) is 4.79. The molecule has 0 radical (unpaired) electrons. The number of ether oxygens (including phenoxy) is 1. The Morgan fingerprint density at radius 1 is 1.42 bits per heavy atom. The number of hydrogen-bond donors (Lipinski definition) is 0. The predicted molar refractivity (Wildman–Crippen MR) is 72.9 cm³/mol. The third kappa shape index (κ3) is 2.26. The first kappa shape index (κ1) is 12.0. The molecule has 0 amide bonds. The van der Waals surface area contributed by atoms with Gasteiger partial charge in [-0.05, 0) is 31.4 Å². The Labute approximate surface area is 111 Å². The zero-order valence-corrected chi connectivity index (χ0v) is 10.9. The van der Waals surface area contributed by atoms with Crippen LogP contribution in [0.3, 0.4) is 0 Å². The minimum Gasteiger partial charge on any atom is -0.453 e. The number of fused-ring (bicyclic) bond motifs is 1. The molecule has 0 bridgehead atoms. The van der Waals surface area contributed by atoms with Crippen LogP contribution in [0.5, 0.6) is 0 Å². The van der Waals surface area contributed by atoms with E-state index in [0.717, 1.165) is 30.2 Å². The van der Waals surface area contributed by atoms with Crippen molar-refractivity contribution in [1.29, 1.82) is 0 Å². The lowest BCUT2D eigenvalue weighted by Crippen LogP contribution is -2.18. The second-order valence-electron chi connectivity index (χ2n) is 4.79. The van der Waals surface area contributed by atoms with Crippen molar-refractivity contribution in [1.82, 2.24) is 9.78 Å². The van der Waals surface area contributed by atoms with Crippen LogP contribution < -0.4 is 0 Å². The normalized spacial score (nSPS) is 18.7. The van der Waals surface area contributed by atoms with Gasteiger partial charge in [-0.3, -0.25) is 4.68 Å². The Hall–Kier alpha value is -2.10. The number of hydrogen-bond acceptors (Lipinski definition) is 3. The predicted octanol–water partition coefficient (Wildman–Crippen LogP) is 2.84. The van der Waals surface area contributed by atoms with Crippen molar-refractivity contribution in [3.8, 4) is 0 Å². The van der Waals surface area contributed by atoms with Gasteiger partial charge in [0.15, 0.2) is 5.69 Å². The number of carbonyl (C=O) groups is 1. The van der Waals surface area contributed by atoms with Crippen LogP contribution in [0, 0.1) is 0 Å². The van der Waals surface area contributed by atoms with Crippen LogP contribution in [0.15, 0.2) is 36.4 Å². The molecule has 0 saturated heterocycles. The number of aromatic nitrogens is 2. The van der Waals surface area contributed by atoms with Crippen LogP contribution in [0.1, 0.15) is 29.8 Å². The van der Waals surface area contributed by atoms with Crippen molar-refractivity contribution in [2.45, 2.75) is 25.4 Å². The van der Waals surface area contributed by atoms with Crippen LogP contribution in [0.25, 0.3) is 10.9 Å². The summed E-state index contributed by atoms with van der Waals surface area (Å²) in [5.41, 5.74) is 1.34. The van der Waals surface area contributed by atoms with Gasteiger partial charge in [0.2, 0.25) is 0 Å². The lowest BCUT2D eigenvalue weighted by Gasteiger charge is -2.16. The Balaban J connectivity index is 1.89. The molecule has 0 unspecified atom stereocenters. The number of esters is 1. The molecule has 0 saturated carbocycles. The summed E-state index contributed by atoms with van der Waals surface area (Å²) >= 11 is 0. The van der Waals surface area contributed by atoms with E-state index in [2.05, 4.69) is 11.2 Å². The molecule has 1 aliphatic carbocycles. The van der Waals surface area contributed by atoms with Crippen LogP contribution in [-0.2, 0) is 11.8 Å². The van der Waals surface area contributed by atoms with Gasteiger partial charge in [0.1, 0.15) is 6.10 Å². The standard InChI is InChI=1S/C15H16N2O2/c1-17-13-10-6-5-9-12(13)14(16-17)15(18)19-11-7-3-2-4-8-11/h3,5-7,9-11H,2,4,8H2,1H3/t11-/m0/s1. The molecule has 1 atom stereocenters. The van der Waals surface area contributed by atoms with Gasteiger partial charge in [-0.1, -0.05) is 24.3 Å². The smallest absolute Gasteiger partial charge is 0.360 e. The van der Waals surface area contributed by atoms with Crippen molar-refractivity contribution >= 4 is 16.9 Å². The average molecular weight is 256 g/mol. The van der Waals surface area contributed by atoms with Crippen LogP contribution >= 0.6 is 0 Å². The summed E-state index contributed by atoms with van der Waals surface area (Å²) in [6.45, 7) is 0. The van der Waals surface area contributed by atoms with Crippen LogP contribution in [-0.4, -0.2) is 21.9 Å². The fraction of sp³-hybridized carbons (Fsp3) is 0.333. The lowest BCUT2D eigenvalue weighted by atomic mass is 10.1. The molecule has 3 rings (SSSR count). The first-order valence-corrected chi connectivity index (χ1v) is 6.55. The first-order chi connectivity index (χ1) is 9.25. The first-order valence-electron chi connectivity index (χ1n) is 6.55. The minimum absolute atomic E-state index is 0.109. The van der Waals surface area contributed by atoms with E-state index >= 15 is 0 Å². The maximum Gasteiger partial charge on any atom is 0.360 e. The minimum atomic E-state index is -0.339. The van der Waals surface area contributed by atoms with Crippen molar-refractivity contribution in [2.24, 2.45) is 7.05 Å². The number of benzene rings is 1. The highest BCUT2D eigenvalue weighted by Crippen LogP contribution is 2.20. The van der Waals surface area contributed by atoms with Gasteiger partial charge >= 0.3 is 5.97 Å². The van der Waals surface area contributed by atoms with Gasteiger partial charge in [0.05, 0.1) is 5.52 Å². The van der Waals surface area contributed by atoms with E-state index in [1.54, 1.807) is 4.68 Å². The Kier molecular flexibility index (Phi) is 3.07. The van der Waals surface area contributed by atoms with E-state index in [4.69, 9.17) is 4.74 Å². The molecule has 1 aromatic carbocycles. The van der Waals surface area contributed by atoms with Crippen molar-refractivity contribution in [3.05, 3.63) is 42.1 Å². The lowest BCUT2D eigenvalue weighted by molar-refractivity contribution is 0.0364. The third-order valence-electron chi connectivity index (χ3n) is 3.42. The number of allylic oxidation sites excluding steroid dienone is 1. The summed E-state index contributed by atoms with van der Waals surface area (Å²) in [4.78, 5) is 12.2. The van der Waals surface area contributed by atoms with E-state index in [0.29, 0.717) is 5.69 Å². The number of rotatable bonds is 2. The fourth-order valence-electron chi connectivity index (χ4n) is 2.44. The van der Waals surface area contributed by atoms with Crippen molar-refractivity contribution in [2.75, 3.05) is 0 Å². The molecule has 4 heteroatoms. The van der Waals surface area contributed by atoms with Gasteiger partial charge in [-0.15, -0.1) is 0 Å². The monoisotopic (exact) mass is 256 g/mol. The summed E-state index contributed by atoms with van der Waals surface area (Å²) in [6.07, 6.45) is 6.96. The Morgan fingerprint density at radius 2 is 2.26 bits per heavy atom. The third-order valence-corrected chi connectivity index (χ3v) is 3.42. The Morgan fingerprint density at radius 3 is 3.05 bits per heavy atom. The summed E-state index contributed by atoms with van der Waals surface area (Å²) in [5, 5.41) is 5.12. The highest BCUT2D eigenvalue weighted by molar-refractivity contribution is 6.02. The molecule has 1 aliphatic rings. The quantitative estimate of drug-likeness (QED) is 0.613. The molecule has 1 aromatic heterocycles. The summed E-state index contributed by atoms with van der Waals surface area (Å²) in [6, 6.07) is 7.68. The molecule has 0 N–H and O–H groups in total. The second kappa shape index (κ2) is 4.88. The molecule has 0 spiro atoms. The number of para-hydroxylation sites is 1. The SMILES string of the molecule is Cn1nc(C(=O)O[C@H]2C=CCCC2)c2ccccc21. The van der Waals surface area contributed by atoms with Crippen LogP contribution in [0.2, 0.25) is 0 Å². The summed E-state index contributed by atoms with van der Waals surface area (Å²) < 4.78 is 7.21. The average Bonchev–Trinajstić information content (AvgIpc) is 2.78. The molecule has 0 fully saturated rings. The maximum absolute atomic E-state index is 12.2. The van der Waals surface area contributed by atoms with E-state index < -0.39 is 0 Å². The zero-order chi connectivity index (χ0) is 13.2. The molecule has 1 heterocycles. The highest BCUT2D eigenvalue weighted by Gasteiger charge is 2.20. The largest absolute Gasteiger partial charge is 0.453 e. The van der Waals surface area contributed by atoms with E-state index in [-0.39, 0.29) is 12.1 Å². The van der Waals surface area contributed by atoms with E-state index in [1.807, 2.05) is 37.4 Å². The topological polar surface area (TPSA) is 44.1 Å². The van der Waals surface area contributed by atoms with Gasteiger partial charge in [-0.25, -0.2) is 4.79 Å². The molecule has 19 heavy (non-hydrogen) atoms. The molecule has 4 nitrogen and oxygen atoms in total. The molecular weight excluding hydrogens is 240 g/mol. The molecular formula is C15H16N2O2. The number of aryl methyl sites for hydroxylation is 1. The summed E-state index contributed by atoms with van der Waals surface area (Å²) in [5.74, 6) is -0.339. The van der Waals surface area contributed by atoms with Gasteiger partial charge < -0.3 is 4.74 Å². The van der Waals surface area contributed by atoms with Gasteiger partial charge in [0.25, 0.3) is 0 Å². The van der Waals surface area contributed by atoms with E-state index in [1.165, 1.54) is 0 Å². The molecule has 0 aliphatic heterocycles.